The number of carbonyl (C=O) groups excluding carboxylic acids is 1. The number of nitrogens with one attached hydrogen (secondary N) is 2. The largest absolute Gasteiger partial charge is 0.385 e. The van der Waals surface area contributed by atoms with Gasteiger partial charge in [-0.25, -0.2) is 0 Å². The number of hydrogen-bond acceptors (Lipinski definition) is 3. The van der Waals surface area contributed by atoms with Gasteiger partial charge in [0.15, 0.2) is 0 Å². The van der Waals surface area contributed by atoms with Crippen LogP contribution in [0.25, 0.3) is 0 Å². The second kappa shape index (κ2) is 6.90. The fraction of sp³-hybridized carbons (Fsp3) is 0.938. The third kappa shape index (κ3) is 4.19. The van der Waals surface area contributed by atoms with Gasteiger partial charge in [0, 0.05) is 32.2 Å². The van der Waals surface area contributed by atoms with Gasteiger partial charge in [-0.05, 0) is 44.6 Å². The van der Waals surface area contributed by atoms with Crippen LogP contribution in [0.15, 0.2) is 0 Å². The first-order chi connectivity index (χ1) is 9.64. The smallest absolute Gasteiger partial charge is 0.221 e. The predicted molar refractivity (Wildman–Crippen MR) is 80.7 cm³/mol. The van der Waals surface area contributed by atoms with Gasteiger partial charge >= 0.3 is 0 Å². The van der Waals surface area contributed by atoms with Crippen LogP contribution >= 0.6 is 0 Å². The van der Waals surface area contributed by atoms with E-state index in [1.807, 2.05) is 7.05 Å². The predicted octanol–water partition coefficient (Wildman–Crippen LogP) is 2.23. The van der Waals surface area contributed by atoms with Crippen molar-refractivity contribution in [3.63, 3.8) is 0 Å². The molecule has 0 radical (unpaired) electrons. The average Bonchev–Trinajstić information content (AvgIpc) is 3.25. The molecule has 0 bridgehead atoms. The highest BCUT2D eigenvalue weighted by atomic mass is 16.5. The quantitative estimate of drug-likeness (QED) is 0.718. The number of methoxy groups -OCH3 is 1. The van der Waals surface area contributed by atoms with E-state index in [0.717, 1.165) is 32.4 Å². The number of ether oxygens (including phenoxy) is 1. The van der Waals surface area contributed by atoms with Crippen molar-refractivity contribution in [3.05, 3.63) is 0 Å². The van der Waals surface area contributed by atoms with Crippen molar-refractivity contribution in [2.24, 2.45) is 5.41 Å². The normalized spacial score (nSPS) is 23.3. The Balaban J connectivity index is 1.74. The number of amides is 1. The maximum atomic E-state index is 12.2. The summed E-state index contributed by atoms with van der Waals surface area (Å²) in [5, 5.41) is 6.58. The summed E-state index contributed by atoms with van der Waals surface area (Å²) in [7, 11) is 3.74. The molecule has 0 spiro atoms. The molecule has 0 aromatic carbocycles. The van der Waals surface area contributed by atoms with Gasteiger partial charge in [-0.1, -0.05) is 19.3 Å². The third-order valence-electron chi connectivity index (χ3n) is 5.29. The number of hydrogen-bond donors (Lipinski definition) is 2. The zero-order chi connectivity index (χ0) is 14.5. The minimum absolute atomic E-state index is 0.0472. The molecule has 0 heterocycles. The highest BCUT2D eigenvalue weighted by Gasteiger charge is 2.42. The summed E-state index contributed by atoms with van der Waals surface area (Å²) in [6.07, 6.45) is 10.2. The lowest BCUT2D eigenvalue weighted by molar-refractivity contribution is -0.123. The van der Waals surface area contributed by atoms with Crippen LogP contribution in [0.5, 0.6) is 0 Å². The molecule has 0 aromatic rings. The Morgan fingerprint density at radius 1 is 1.15 bits per heavy atom. The Kier molecular flexibility index (Phi) is 5.44. The van der Waals surface area contributed by atoms with Crippen LogP contribution in [-0.2, 0) is 9.53 Å². The van der Waals surface area contributed by atoms with E-state index in [2.05, 4.69) is 10.6 Å². The first-order valence-corrected chi connectivity index (χ1v) is 8.08. The molecule has 2 N–H and O–H groups in total. The first-order valence-electron chi connectivity index (χ1n) is 8.08. The van der Waals surface area contributed by atoms with Gasteiger partial charge in [0.2, 0.25) is 5.91 Å². The van der Waals surface area contributed by atoms with E-state index in [0.29, 0.717) is 11.8 Å². The van der Waals surface area contributed by atoms with Crippen LogP contribution in [0.4, 0.5) is 0 Å². The van der Waals surface area contributed by atoms with Crippen molar-refractivity contribution in [2.45, 2.75) is 63.3 Å². The average molecular weight is 282 g/mol. The molecular weight excluding hydrogens is 252 g/mol. The summed E-state index contributed by atoms with van der Waals surface area (Å²) in [4.78, 5) is 12.2. The van der Waals surface area contributed by atoms with Crippen molar-refractivity contribution >= 4 is 5.91 Å². The van der Waals surface area contributed by atoms with E-state index in [9.17, 15) is 4.79 Å². The minimum atomic E-state index is 0.0472. The molecule has 2 aliphatic carbocycles. The molecule has 2 rings (SSSR count). The topological polar surface area (TPSA) is 50.4 Å². The standard InChI is InChI=1S/C16H30N2O2/c1-17-16(6-4-3-5-7-16)12-14(19)18-13-15(8-9-15)10-11-20-2/h17H,3-13H2,1-2H3,(H,18,19). The second-order valence-corrected chi connectivity index (χ2v) is 6.79. The summed E-state index contributed by atoms with van der Waals surface area (Å²) < 4.78 is 5.16. The molecule has 2 fully saturated rings. The highest BCUT2D eigenvalue weighted by molar-refractivity contribution is 5.77. The van der Waals surface area contributed by atoms with Crippen molar-refractivity contribution < 1.29 is 9.53 Å². The van der Waals surface area contributed by atoms with E-state index in [-0.39, 0.29) is 11.4 Å². The van der Waals surface area contributed by atoms with Crippen LogP contribution < -0.4 is 10.6 Å². The molecule has 0 aromatic heterocycles. The molecule has 0 saturated heterocycles. The van der Waals surface area contributed by atoms with Crippen LogP contribution in [-0.4, -0.2) is 38.8 Å². The Morgan fingerprint density at radius 3 is 2.40 bits per heavy atom. The first kappa shape index (κ1) is 15.8. The Labute approximate surface area is 123 Å². The lowest BCUT2D eigenvalue weighted by Gasteiger charge is -2.36. The zero-order valence-corrected chi connectivity index (χ0v) is 13.1. The molecular formula is C16H30N2O2. The van der Waals surface area contributed by atoms with Gasteiger partial charge < -0.3 is 15.4 Å². The van der Waals surface area contributed by atoms with Crippen molar-refractivity contribution in [1.29, 1.82) is 0 Å². The second-order valence-electron chi connectivity index (χ2n) is 6.79. The van der Waals surface area contributed by atoms with E-state index in [1.165, 1.54) is 32.1 Å². The molecule has 116 valence electrons. The lowest BCUT2D eigenvalue weighted by atomic mass is 9.79. The van der Waals surface area contributed by atoms with Gasteiger partial charge in [0.25, 0.3) is 0 Å². The summed E-state index contributed by atoms with van der Waals surface area (Å²) in [5.74, 6) is 0.213. The van der Waals surface area contributed by atoms with Gasteiger partial charge in [0.1, 0.15) is 0 Å². The van der Waals surface area contributed by atoms with Gasteiger partial charge in [0.05, 0.1) is 0 Å². The molecule has 1 amide bonds. The molecule has 4 nitrogen and oxygen atoms in total. The Morgan fingerprint density at radius 2 is 1.85 bits per heavy atom. The molecule has 0 unspecified atom stereocenters. The monoisotopic (exact) mass is 282 g/mol. The minimum Gasteiger partial charge on any atom is -0.385 e. The molecule has 20 heavy (non-hydrogen) atoms. The Hall–Kier alpha value is -0.610. The SMILES string of the molecule is CNC1(CC(=O)NCC2(CCOC)CC2)CCCCC1. The third-order valence-corrected chi connectivity index (χ3v) is 5.29. The van der Waals surface area contributed by atoms with E-state index in [4.69, 9.17) is 4.74 Å². The van der Waals surface area contributed by atoms with Crippen LogP contribution in [0.1, 0.15) is 57.8 Å². The fourth-order valence-electron chi connectivity index (χ4n) is 3.41. The van der Waals surface area contributed by atoms with Crippen LogP contribution in [0.2, 0.25) is 0 Å². The van der Waals surface area contributed by atoms with E-state index >= 15 is 0 Å². The van der Waals surface area contributed by atoms with Crippen molar-refractivity contribution in [2.75, 3.05) is 27.3 Å². The van der Waals surface area contributed by atoms with E-state index < -0.39 is 0 Å². The molecule has 0 atom stereocenters. The molecule has 0 aliphatic heterocycles. The van der Waals surface area contributed by atoms with Crippen molar-refractivity contribution in [3.8, 4) is 0 Å². The van der Waals surface area contributed by atoms with Crippen LogP contribution in [0, 0.1) is 5.41 Å². The Bertz CT molecular complexity index is 320. The van der Waals surface area contributed by atoms with Crippen molar-refractivity contribution in [1.82, 2.24) is 10.6 Å². The molecule has 2 aliphatic rings. The van der Waals surface area contributed by atoms with E-state index in [1.54, 1.807) is 7.11 Å². The summed E-state index contributed by atoms with van der Waals surface area (Å²) in [6.45, 7) is 1.63. The number of carbonyl (C=O) groups is 1. The summed E-state index contributed by atoms with van der Waals surface area (Å²) in [6, 6.07) is 0. The summed E-state index contributed by atoms with van der Waals surface area (Å²) >= 11 is 0. The molecule has 4 heteroatoms. The highest BCUT2D eigenvalue weighted by Crippen LogP contribution is 2.48. The number of rotatable bonds is 8. The zero-order valence-electron chi connectivity index (χ0n) is 13.1. The molecule has 2 saturated carbocycles. The van der Waals surface area contributed by atoms with Gasteiger partial charge in [-0.2, -0.15) is 0 Å². The lowest BCUT2D eigenvalue weighted by Crippen LogP contribution is -2.48. The fourth-order valence-corrected chi connectivity index (χ4v) is 3.41. The maximum absolute atomic E-state index is 12.2. The summed E-state index contributed by atoms with van der Waals surface area (Å²) in [5.41, 5.74) is 0.386. The van der Waals surface area contributed by atoms with Gasteiger partial charge in [-0.3, -0.25) is 4.79 Å². The maximum Gasteiger partial charge on any atom is 0.221 e. The van der Waals surface area contributed by atoms with Crippen LogP contribution in [0.3, 0.4) is 0 Å². The van der Waals surface area contributed by atoms with Gasteiger partial charge in [-0.15, -0.1) is 0 Å².